The number of hydrogen-bond donors (Lipinski definition) is 0. The minimum atomic E-state index is 0.547. The second-order valence-electron chi connectivity index (χ2n) is 12.4. The van der Waals surface area contributed by atoms with E-state index >= 15 is 0 Å². The van der Waals surface area contributed by atoms with E-state index in [0.717, 1.165) is 36.1 Å². The Morgan fingerprint density at radius 2 is 1.38 bits per heavy atom. The number of carbonyl (C=O) groups excluding carboxylic acids is 1. The summed E-state index contributed by atoms with van der Waals surface area (Å²) in [6, 6.07) is 0.782. The topological polar surface area (TPSA) is 29.5 Å². The van der Waals surface area contributed by atoms with Gasteiger partial charge in [-0.2, -0.15) is 0 Å². The van der Waals surface area contributed by atoms with E-state index in [1.165, 1.54) is 129 Å². The van der Waals surface area contributed by atoms with Crippen molar-refractivity contribution < 1.29 is 9.53 Å². The Balaban J connectivity index is 1.12. The number of rotatable bonds is 7. The number of aldehydes is 1. The zero-order valence-electron chi connectivity index (χ0n) is 20.6. The molecule has 0 spiro atoms. The summed E-state index contributed by atoms with van der Waals surface area (Å²) in [5.41, 5.74) is 0. The fraction of sp³-hybridized carbons (Fsp3) is 0.966. The molecule has 1 heterocycles. The first kappa shape index (κ1) is 23.3. The van der Waals surface area contributed by atoms with Crippen molar-refractivity contribution in [2.24, 2.45) is 29.6 Å². The van der Waals surface area contributed by atoms with Crippen LogP contribution in [0.5, 0.6) is 0 Å². The molecule has 182 valence electrons. The standard InChI is InChI=1S/C29H49NO2/c31-18-17-25-21-30(20-22-7-3-1-4-8-22)29-16-13-24(19-28(25)29)23-11-14-27(15-12-23)32-26-9-5-2-6-10-26/h18,22-29H,1-17,19-21H2. The lowest BCUT2D eigenvalue weighted by Gasteiger charge is -2.43. The highest BCUT2D eigenvalue weighted by Gasteiger charge is 2.46. The first-order valence-corrected chi connectivity index (χ1v) is 14.6. The summed E-state index contributed by atoms with van der Waals surface area (Å²) in [7, 11) is 0. The monoisotopic (exact) mass is 443 g/mol. The van der Waals surface area contributed by atoms with Crippen LogP contribution in [0.25, 0.3) is 0 Å². The van der Waals surface area contributed by atoms with Crippen LogP contribution in [0.1, 0.15) is 116 Å². The molecule has 0 amide bonds. The molecule has 1 saturated heterocycles. The smallest absolute Gasteiger partial charge is 0.120 e. The van der Waals surface area contributed by atoms with Crippen molar-refractivity contribution in [3.8, 4) is 0 Å². The van der Waals surface area contributed by atoms with Gasteiger partial charge in [0.2, 0.25) is 0 Å². The van der Waals surface area contributed by atoms with Crippen LogP contribution >= 0.6 is 0 Å². The van der Waals surface area contributed by atoms with E-state index in [4.69, 9.17) is 4.74 Å². The molecule has 4 unspecified atom stereocenters. The quantitative estimate of drug-likeness (QED) is 0.406. The Morgan fingerprint density at radius 1 is 0.719 bits per heavy atom. The second kappa shape index (κ2) is 11.3. The van der Waals surface area contributed by atoms with Crippen LogP contribution in [0.2, 0.25) is 0 Å². The Morgan fingerprint density at radius 3 is 2.09 bits per heavy atom. The van der Waals surface area contributed by atoms with Crippen LogP contribution in [0.15, 0.2) is 0 Å². The van der Waals surface area contributed by atoms with Gasteiger partial charge in [-0.1, -0.05) is 38.5 Å². The normalized spacial score (nSPS) is 40.2. The summed E-state index contributed by atoms with van der Waals surface area (Å²) in [6.45, 7) is 2.53. The lowest BCUT2D eigenvalue weighted by Crippen LogP contribution is -2.41. The maximum atomic E-state index is 11.5. The lowest BCUT2D eigenvalue weighted by atomic mass is 9.66. The van der Waals surface area contributed by atoms with Gasteiger partial charge in [-0.15, -0.1) is 0 Å². The number of carbonyl (C=O) groups is 1. The Kier molecular flexibility index (Phi) is 8.27. The highest BCUT2D eigenvalue weighted by molar-refractivity contribution is 5.50. The van der Waals surface area contributed by atoms with E-state index < -0.39 is 0 Å². The molecule has 0 radical (unpaired) electrons. The van der Waals surface area contributed by atoms with E-state index in [1.807, 2.05) is 0 Å². The first-order valence-electron chi connectivity index (χ1n) is 14.6. The van der Waals surface area contributed by atoms with Crippen LogP contribution in [0, 0.1) is 29.6 Å². The number of fused-ring (bicyclic) bond motifs is 1. The van der Waals surface area contributed by atoms with E-state index in [9.17, 15) is 4.79 Å². The van der Waals surface area contributed by atoms with Gasteiger partial charge in [0.05, 0.1) is 12.2 Å². The Bertz CT molecular complexity index is 574. The molecular formula is C29H49NO2. The van der Waals surface area contributed by atoms with Crippen molar-refractivity contribution in [1.29, 1.82) is 0 Å². The SMILES string of the molecule is O=CCC1CN(CC2CCCCC2)C2CCC(C3CCC(OC4CCCCC4)CC3)CC12. The van der Waals surface area contributed by atoms with Crippen molar-refractivity contribution >= 4 is 6.29 Å². The third kappa shape index (κ3) is 5.62. The number of likely N-dealkylation sites (tertiary alicyclic amines) is 1. The van der Waals surface area contributed by atoms with Gasteiger partial charge < -0.3 is 9.53 Å². The summed E-state index contributed by atoms with van der Waals surface area (Å²) in [5.74, 6) is 4.19. The molecule has 5 aliphatic rings. The van der Waals surface area contributed by atoms with Crippen molar-refractivity contribution in [2.45, 2.75) is 134 Å². The molecule has 0 aromatic rings. The van der Waals surface area contributed by atoms with E-state index in [2.05, 4.69) is 4.90 Å². The van der Waals surface area contributed by atoms with Gasteiger partial charge in [-0.3, -0.25) is 4.90 Å². The third-order valence-corrected chi connectivity index (χ3v) is 10.4. The number of hydrogen-bond acceptors (Lipinski definition) is 3. The molecule has 3 nitrogen and oxygen atoms in total. The molecule has 0 bridgehead atoms. The van der Waals surface area contributed by atoms with Gasteiger partial charge in [-0.25, -0.2) is 0 Å². The molecule has 0 aromatic carbocycles. The van der Waals surface area contributed by atoms with Crippen LogP contribution in [-0.4, -0.2) is 42.5 Å². The third-order valence-electron chi connectivity index (χ3n) is 10.4. The molecule has 4 atom stereocenters. The van der Waals surface area contributed by atoms with E-state index in [0.29, 0.717) is 18.1 Å². The molecular weight excluding hydrogens is 394 g/mol. The average molecular weight is 444 g/mol. The Hall–Kier alpha value is -0.410. The van der Waals surface area contributed by atoms with Gasteiger partial charge >= 0.3 is 0 Å². The number of ether oxygens (including phenoxy) is 1. The summed E-state index contributed by atoms with van der Waals surface area (Å²) in [5, 5.41) is 0. The van der Waals surface area contributed by atoms with Crippen molar-refractivity contribution in [2.75, 3.05) is 13.1 Å². The molecule has 4 aliphatic carbocycles. The Labute approximate surface area is 197 Å². The predicted molar refractivity (Wildman–Crippen MR) is 131 cm³/mol. The highest BCUT2D eigenvalue weighted by Crippen LogP contribution is 2.48. The summed E-state index contributed by atoms with van der Waals surface area (Å²) < 4.78 is 6.53. The van der Waals surface area contributed by atoms with Crippen molar-refractivity contribution in [3.05, 3.63) is 0 Å². The summed E-state index contributed by atoms with van der Waals surface area (Å²) in [6.07, 6.45) is 26.8. The zero-order chi connectivity index (χ0) is 21.8. The largest absolute Gasteiger partial charge is 0.375 e. The summed E-state index contributed by atoms with van der Waals surface area (Å²) >= 11 is 0. The molecule has 32 heavy (non-hydrogen) atoms. The minimum absolute atomic E-state index is 0.547. The maximum Gasteiger partial charge on any atom is 0.120 e. The second-order valence-corrected chi connectivity index (χ2v) is 12.4. The molecule has 0 aromatic heterocycles. The fourth-order valence-electron chi connectivity index (χ4n) is 8.64. The van der Waals surface area contributed by atoms with Crippen LogP contribution in [0.3, 0.4) is 0 Å². The number of nitrogens with zero attached hydrogens (tertiary/aromatic N) is 1. The van der Waals surface area contributed by atoms with Gasteiger partial charge in [0.15, 0.2) is 0 Å². The van der Waals surface area contributed by atoms with Crippen LogP contribution in [0.4, 0.5) is 0 Å². The lowest BCUT2D eigenvalue weighted by molar-refractivity contribution is -0.108. The molecule has 4 saturated carbocycles. The maximum absolute atomic E-state index is 11.5. The molecule has 5 fully saturated rings. The van der Waals surface area contributed by atoms with Crippen LogP contribution < -0.4 is 0 Å². The molecule has 3 heteroatoms. The highest BCUT2D eigenvalue weighted by atomic mass is 16.5. The van der Waals surface area contributed by atoms with E-state index in [1.54, 1.807) is 0 Å². The average Bonchev–Trinajstić information content (AvgIpc) is 3.17. The van der Waals surface area contributed by atoms with E-state index in [-0.39, 0.29) is 0 Å². The summed E-state index contributed by atoms with van der Waals surface area (Å²) in [4.78, 5) is 14.3. The van der Waals surface area contributed by atoms with Crippen molar-refractivity contribution in [1.82, 2.24) is 4.90 Å². The molecule has 1 aliphatic heterocycles. The van der Waals surface area contributed by atoms with Gasteiger partial charge in [-0.05, 0) is 100 Å². The zero-order valence-corrected chi connectivity index (χ0v) is 20.6. The molecule has 0 N–H and O–H groups in total. The minimum Gasteiger partial charge on any atom is -0.375 e. The first-order chi connectivity index (χ1) is 15.8. The molecule has 5 rings (SSSR count). The van der Waals surface area contributed by atoms with Gasteiger partial charge in [0.25, 0.3) is 0 Å². The van der Waals surface area contributed by atoms with Gasteiger partial charge in [0.1, 0.15) is 6.29 Å². The van der Waals surface area contributed by atoms with Gasteiger partial charge in [0, 0.05) is 25.6 Å². The van der Waals surface area contributed by atoms with Crippen LogP contribution in [-0.2, 0) is 9.53 Å². The fourth-order valence-corrected chi connectivity index (χ4v) is 8.64. The van der Waals surface area contributed by atoms with Crippen molar-refractivity contribution in [3.63, 3.8) is 0 Å². The predicted octanol–water partition coefficient (Wildman–Crippen LogP) is 6.78.